The minimum absolute atomic E-state index is 0.0361. The van der Waals surface area contributed by atoms with Crippen molar-refractivity contribution >= 4 is 28.1 Å². The molecule has 1 aliphatic heterocycles. The Kier molecular flexibility index (Phi) is 1.33. The van der Waals surface area contributed by atoms with E-state index in [2.05, 4.69) is 9.37 Å². The number of hydrogen-bond donors (Lipinski definition) is 0. The van der Waals surface area contributed by atoms with E-state index >= 15 is 0 Å². The van der Waals surface area contributed by atoms with Gasteiger partial charge in [0, 0.05) is 0 Å². The average molecular weight is 177 g/mol. The first-order valence-corrected chi connectivity index (χ1v) is 4.63. The van der Waals surface area contributed by atoms with E-state index in [1.165, 1.54) is 10.8 Å². The molecule has 0 aromatic rings. The van der Waals surface area contributed by atoms with Gasteiger partial charge in [-0.25, -0.2) is 0 Å². The molecule has 2 heteroatoms. The van der Waals surface area contributed by atoms with E-state index in [4.69, 9.17) is 0 Å². The molecule has 0 atom stereocenters. The molecule has 0 N–H and O–H groups in total. The van der Waals surface area contributed by atoms with E-state index in [0.717, 1.165) is 0 Å². The van der Waals surface area contributed by atoms with Crippen LogP contribution in [0.1, 0.15) is 6.42 Å². The summed E-state index contributed by atoms with van der Waals surface area (Å²) in [7, 11) is 0. The topological polar surface area (TPSA) is 12.4 Å². The molecule has 27 valence electrons. The molecule has 1 radical (unpaired) electrons. The third-order valence-electron chi connectivity index (χ3n) is 0.521. The summed E-state index contributed by atoms with van der Waals surface area (Å²) in [6.45, 7) is 0. The van der Waals surface area contributed by atoms with Crippen LogP contribution in [0.25, 0.3) is 0 Å². The van der Waals surface area contributed by atoms with E-state index in [9.17, 15) is 0 Å². The van der Waals surface area contributed by atoms with Crippen LogP contribution >= 0.6 is 0 Å². The van der Waals surface area contributed by atoms with E-state index in [0.29, 0.717) is 0 Å². The summed E-state index contributed by atoms with van der Waals surface area (Å²) in [5, 5.41) is 0. The molecular formula is C3H5NSb. The summed E-state index contributed by atoms with van der Waals surface area (Å²) >= 11 is 0.0361. The average Bonchev–Trinajstić information content (AvgIpc) is 1.76. The number of nitrogens with zero attached hydrogens (tertiary/aromatic N) is 1. The van der Waals surface area contributed by atoms with Crippen LogP contribution in [-0.2, 0) is 0 Å². The fraction of sp³-hybridized carbons (Fsp3) is 0.667. The van der Waals surface area contributed by atoms with E-state index in [1.807, 2.05) is 0 Å². The fourth-order valence-electron chi connectivity index (χ4n) is 0.289. The van der Waals surface area contributed by atoms with Crippen molar-refractivity contribution in [3.05, 3.63) is 0 Å². The summed E-state index contributed by atoms with van der Waals surface area (Å²) < 4.78 is 5.54. The van der Waals surface area contributed by atoms with Crippen LogP contribution in [0, 0.1) is 0 Å². The van der Waals surface area contributed by atoms with Gasteiger partial charge in [-0.15, -0.1) is 0 Å². The van der Waals surface area contributed by atoms with Gasteiger partial charge < -0.3 is 0 Å². The molecule has 0 aromatic heterocycles. The van der Waals surface area contributed by atoms with Gasteiger partial charge in [0.1, 0.15) is 0 Å². The number of hydrogen-bond acceptors (Lipinski definition) is 1. The van der Waals surface area contributed by atoms with E-state index in [1.54, 1.807) is 0 Å². The first-order valence-electron chi connectivity index (χ1n) is 1.68. The maximum absolute atomic E-state index is 4.11. The Balaban J connectivity index is 2.32. The third kappa shape index (κ3) is 0.923. The molecule has 0 aromatic carbocycles. The summed E-state index contributed by atoms with van der Waals surface area (Å²) in [5.41, 5.74) is 0. The van der Waals surface area contributed by atoms with Crippen molar-refractivity contribution in [2.24, 2.45) is 3.15 Å². The normalized spacial score (nSPS) is 20.8. The fourth-order valence-corrected chi connectivity index (χ4v) is 1.94. The first kappa shape index (κ1) is 3.67. The molecule has 1 nitrogen and oxygen atoms in total. The van der Waals surface area contributed by atoms with Crippen LogP contribution in [0.2, 0.25) is 4.37 Å². The van der Waals surface area contributed by atoms with Crippen molar-refractivity contribution in [2.75, 3.05) is 0 Å². The minimum atomic E-state index is 0.0361. The zero-order chi connectivity index (χ0) is 3.54. The third-order valence-corrected chi connectivity index (χ3v) is 2.76. The van der Waals surface area contributed by atoms with Gasteiger partial charge >= 0.3 is 42.0 Å². The van der Waals surface area contributed by atoms with Gasteiger partial charge in [0.2, 0.25) is 0 Å². The zero-order valence-corrected chi connectivity index (χ0v) is 5.44. The monoisotopic (exact) mass is 176 g/mol. The van der Waals surface area contributed by atoms with Gasteiger partial charge in [-0.3, -0.25) is 0 Å². The van der Waals surface area contributed by atoms with Gasteiger partial charge in [0.25, 0.3) is 0 Å². The molecule has 1 heterocycles. The molecule has 0 unspecified atom stereocenters. The van der Waals surface area contributed by atoms with Crippen molar-refractivity contribution in [1.82, 2.24) is 0 Å². The van der Waals surface area contributed by atoms with Crippen LogP contribution in [-0.4, -0.2) is 28.1 Å². The zero-order valence-electron chi connectivity index (χ0n) is 2.89. The summed E-state index contributed by atoms with van der Waals surface area (Å²) in [6, 6.07) is 0. The maximum atomic E-state index is 4.11. The Hall–Kier alpha value is 0.488. The standard InChI is InChI=1S/C3H5N.Sb/c1-2-3-4;/h3H,1-2H2;/q-1;+1. The van der Waals surface area contributed by atoms with Crippen LogP contribution in [0.3, 0.4) is 0 Å². The van der Waals surface area contributed by atoms with Crippen molar-refractivity contribution in [1.29, 1.82) is 0 Å². The molecule has 0 saturated carbocycles. The van der Waals surface area contributed by atoms with Crippen molar-refractivity contribution in [3.8, 4) is 0 Å². The molecule has 1 aliphatic rings. The van der Waals surface area contributed by atoms with Gasteiger partial charge in [0.05, 0.1) is 0 Å². The Morgan fingerprint density at radius 2 is 2.80 bits per heavy atom. The molecule has 1 rings (SSSR count). The van der Waals surface area contributed by atoms with Gasteiger partial charge in [-0.1, -0.05) is 0 Å². The summed E-state index contributed by atoms with van der Waals surface area (Å²) in [6.07, 6.45) is 3.33. The molecule has 0 fully saturated rings. The van der Waals surface area contributed by atoms with Gasteiger partial charge in [-0.2, -0.15) is 0 Å². The summed E-state index contributed by atoms with van der Waals surface area (Å²) in [4.78, 5) is 0. The van der Waals surface area contributed by atoms with Crippen LogP contribution < -0.4 is 0 Å². The Labute approximate surface area is 42.4 Å². The molecule has 0 bridgehead atoms. The molecular weight excluding hydrogens is 172 g/mol. The van der Waals surface area contributed by atoms with Crippen LogP contribution in [0.4, 0.5) is 0 Å². The van der Waals surface area contributed by atoms with Crippen LogP contribution in [0.15, 0.2) is 3.15 Å². The molecule has 0 spiro atoms. The molecule has 5 heavy (non-hydrogen) atoms. The Morgan fingerprint density at radius 3 is 3.00 bits per heavy atom. The van der Waals surface area contributed by atoms with Crippen molar-refractivity contribution in [2.45, 2.75) is 10.8 Å². The predicted molar refractivity (Wildman–Crippen MR) is 23.7 cm³/mol. The van der Waals surface area contributed by atoms with Crippen LogP contribution in [0.5, 0.6) is 0 Å². The second-order valence-electron chi connectivity index (χ2n) is 0.952. The quantitative estimate of drug-likeness (QED) is 0.477. The predicted octanol–water partition coefficient (Wildman–Crippen LogP) is 0.498. The SMILES string of the molecule is C1=[N][Sb][CH2]C1. The molecule has 0 aliphatic carbocycles. The second-order valence-corrected chi connectivity index (χ2v) is 3.69. The van der Waals surface area contributed by atoms with Gasteiger partial charge in [-0.05, 0) is 0 Å². The molecule has 0 saturated heterocycles. The Bertz CT molecular complexity index is 44.9. The van der Waals surface area contributed by atoms with Crippen molar-refractivity contribution in [3.63, 3.8) is 0 Å². The number of rotatable bonds is 0. The van der Waals surface area contributed by atoms with Gasteiger partial charge in [0.15, 0.2) is 0 Å². The van der Waals surface area contributed by atoms with E-state index < -0.39 is 0 Å². The van der Waals surface area contributed by atoms with Crippen molar-refractivity contribution < 1.29 is 0 Å². The Morgan fingerprint density at radius 1 is 1.80 bits per heavy atom. The first-order chi connectivity index (χ1) is 2.50. The second kappa shape index (κ2) is 1.81. The summed E-state index contributed by atoms with van der Waals surface area (Å²) in [5.74, 6) is 0. The molecule has 0 amide bonds. The van der Waals surface area contributed by atoms with E-state index in [-0.39, 0.29) is 21.9 Å².